The fourth-order valence-electron chi connectivity index (χ4n) is 3.38. The molecular weight excluding hydrogens is 498 g/mol. The molecule has 0 aliphatic carbocycles. The molecule has 0 N–H and O–H groups in total. The second kappa shape index (κ2) is 8.91. The summed E-state index contributed by atoms with van der Waals surface area (Å²) < 4.78 is 113. The Morgan fingerprint density at radius 2 is 1.26 bits per heavy atom. The average molecular weight is 514 g/mol. The van der Waals surface area contributed by atoms with Gasteiger partial charge in [-0.3, -0.25) is 0 Å². The molecule has 0 fully saturated rings. The number of nitrogens with zero attached hydrogens (tertiary/aromatic N) is 2. The van der Waals surface area contributed by atoms with Crippen molar-refractivity contribution in [3.8, 4) is 0 Å². The molecule has 12 heteroatoms. The Morgan fingerprint density at radius 1 is 0.743 bits per heavy atom. The van der Waals surface area contributed by atoms with Crippen molar-refractivity contribution in [3.63, 3.8) is 0 Å². The van der Waals surface area contributed by atoms with E-state index in [2.05, 4.69) is 4.40 Å². The Hall–Kier alpha value is -3.54. The van der Waals surface area contributed by atoms with Gasteiger partial charge < -0.3 is 4.74 Å². The summed E-state index contributed by atoms with van der Waals surface area (Å²) >= 11 is 0. The van der Waals surface area contributed by atoms with Gasteiger partial charge in [-0.2, -0.15) is 34.8 Å². The molecule has 0 aromatic heterocycles. The molecule has 35 heavy (non-hydrogen) atoms. The van der Waals surface area contributed by atoms with Crippen LogP contribution in [0.3, 0.4) is 0 Å². The van der Waals surface area contributed by atoms with Crippen LogP contribution in [0.2, 0.25) is 0 Å². The molecule has 1 aliphatic rings. The number of hydrogen-bond donors (Lipinski definition) is 0. The van der Waals surface area contributed by atoms with Gasteiger partial charge in [0.2, 0.25) is 5.90 Å². The summed E-state index contributed by atoms with van der Waals surface area (Å²) in [5.74, 6) is -0.246. The zero-order chi connectivity index (χ0) is 25.4. The number of alkyl halides is 6. The summed E-state index contributed by atoms with van der Waals surface area (Å²) in [5.41, 5.74) is -0.516. The van der Waals surface area contributed by atoms with Crippen molar-refractivity contribution < 1.29 is 39.5 Å². The monoisotopic (exact) mass is 514 g/mol. The van der Waals surface area contributed by atoms with E-state index in [4.69, 9.17) is 4.74 Å². The number of anilines is 1. The van der Waals surface area contributed by atoms with Crippen LogP contribution in [0.4, 0.5) is 32.0 Å². The van der Waals surface area contributed by atoms with Crippen LogP contribution in [0.15, 0.2) is 77.2 Å². The Kier molecular flexibility index (Phi) is 6.26. The van der Waals surface area contributed by atoms with Crippen molar-refractivity contribution in [2.45, 2.75) is 25.5 Å². The van der Waals surface area contributed by atoms with E-state index in [0.29, 0.717) is 16.7 Å². The van der Waals surface area contributed by atoms with Gasteiger partial charge in [0.05, 0.1) is 28.9 Å². The first-order valence-corrected chi connectivity index (χ1v) is 11.4. The van der Waals surface area contributed by atoms with Crippen LogP contribution in [0.1, 0.15) is 27.8 Å². The number of ether oxygens (including phenoxy) is 1. The second-order valence-corrected chi connectivity index (χ2v) is 9.10. The zero-order valence-corrected chi connectivity index (χ0v) is 18.5. The number of hydrogen-bond acceptors (Lipinski definition) is 3. The third-order valence-corrected chi connectivity index (χ3v) is 6.42. The summed E-state index contributed by atoms with van der Waals surface area (Å²) in [7, 11) is -4.33. The van der Waals surface area contributed by atoms with E-state index in [1.165, 1.54) is 30.3 Å². The molecule has 0 atom stereocenters. The van der Waals surface area contributed by atoms with Gasteiger partial charge in [-0.15, -0.1) is 4.40 Å². The Morgan fingerprint density at radius 3 is 1.80 bits per heavy atom. The number of rotatable bonds is 4. The normalized spacial score (nSPS) is 15.4. The lowest BCUT2D eigenvalue weighted by Gasteiger charge is -2.28. The van der Waals surface area contributed by atoms with Gasteiger partial charge in [-0.1, -0.05) is 36.4 Å². The molecule has 0 radical (unpaired) electrons. The summed E-state index contributed by atoms with van der Waals surface area (Å²) in [4.78, 5) is 0. The SMILES string of the molecule is O=S1(=O)N=C(OCc2ccc(C(F)(F)F)cc2)c2ccccc2N1Cc1ccc(C(F)(F)F)cc1. The molecule has 0 unspecified atom stereocenters. The van der Waals surface area contributed by atoms with Crippen molar-refractivity contribution in [2.24, 2.45) is 4.40 Å². The standard InChI is InChI=1S/C23H16F6N2O3S/c24-22(25,26)17-9-5-15(6-10-17)13-31-20-4-2-1-3-19(20)21(30-35(31,32)33)34-14-16-7-11-18(12-8-16)23(27,28)29/h1-12H,13-14H2. The van der Waals surface area contributed by atoms with Gasteiger partial charge >= 0.3 is 22.6 Å². The Balaban J connectivity index is 1.57. The summed E-state index contributed by atoms with van der Waals surface area (Å²) in [6.45, 7) is -0.507. The lowest BCUT2D eigenvalue weighted by atomic mass is 10.1. The molecule has 3 aromatic carbocycles. The summed E-state index contributed by atoms with van der Waals surface area (Å²) in [6.07, 6.45) is -9.01. The molecule has 184 valence electrons. The predicted molar refractivity (Wildman–Crippen MR) is 116 cm³/mol. The maximum Gasteiger partial charge on any atom is 0.416 e. The maximum absolute atomic E-state index is 12.9. The minimum atomic E-state index is -4.52. The topological polar surface area (TPSA) is 59.0 Å². The molecule has 1 heterocycles. The molecule has 0 amide bonds. The summed E-state index contributed by atoms with van der Waals surface area (Å²) in [6, 6.07) is 14.5. The van der Waals surface area contributed by atoms with Crippen LogP contribution in [0.25, 0.3) is 0 Å². The lowest BCUT2D eigenvalue weighted by Crippen LogP contribution is -2.35. The fourth-order valence-corrected chi connectivity index (χ4v) is 4.56. The van der Waals surface area contributed by atoms with Gasteiger partial charge in [0.15, 0.2) is 0 Å². The van der Waals surface area contributed by atoms with Crippen LogP contribution in [-0.2, 0) is 40.5 Å². The lowest BCUT2D eigenvalue weighted by molar-refractivity contribution is -0.138. The van der Waals surface area contributed by atoms with Crippen molar-refractivity contribution >= 4 is 21.8 Å². The summed E-state index contributed by atoms with van der Waals surface area (Å²) in [5, 5.41) is 0. The highest BCUT2D eigenvalue weighted by atomic mass is 32.2. The Bertz CT molecular complexity index is 1350. The highest BCUT2D eigenvalue weighted by molar-refractivity contribution is 7.91. The molecule has 0 spiro atoms. The van der Waals surface area contributed by atoms with E-state index in [1.807, 2.05) is 0 Å². The largest absolute Gasteiger partial charge is 0.472 e. The molecule has 1 aliphatic heterocycles. The molecule has 4 rings (SSSR count). The first-order valence-electron chi connectivity index (χ1n) is 10.0. The minimum absolute atomic E-state index is 0.199. The van der Waals surface area contributed by atoms with Crippen molar-refractivity contribution in [1.82, 2.24) is 0 Å². The third-order valence-electron chi connectivity index (χ3n) is 5.14. The van der Waals surface area contributed by atoms with E-state index in [9.17, 15) is 34.8 Å². The van der Waals surface area contributed by atoms with Crippen LogP contribution >= 0.6 is 0 Å². The van der Waals surface area contributed by atoms with Gasteiger partial charge in [0, 0.05) is 0 Å². The molecule has 0 saturated carbocycles. The first-order chi connectivity index (χ1) is 16.3. The molecule has 0 bridgehead atoms. The smallest absolute Gasteiger partial charge is 0.416 e. The van der Waals surface area contributed by atoms with Crippen LogP contribution in [0.5, 0.6) is 0 Å². The maximum atomic E-state index is 12.9. The average Bonchev–Trinajstić information content (AvgIpc) is 2.79. The van der Waals surface area contributed by atoms with Crippen LogP contribution in [-0.4, -0.2) is 14.3 Å². The van der Waals surface area contributed by atoms with Gasteiger partial charge in [0.1, 0.15) is 6.61 Å². The van der Waals surface area contributed by atoms with E-state index in [1.54, 1.807) is 18.2 Å². The van der Waals surface area contributed by atoms with E-state index in [-0.39, 0.29) is 24.7 Å². The van der Waals surface area contributed by atoms with E-state index >= 15 is 0 Å². The number of para-hydroxylation sites is 1. The molecular formula is C23H16F6N2O3S. The fraction of sp³-hybridized carbons (Fsp3) is 0.174. The third kappa shape index (κ3) is 5.42. The van der Waals surface area contributed by atoms with Crippen LogP contribution < -0.4 is 4.31 Å². The predicted octanol–water partition coefficient (Wildman–Crippen LogP) is 5.95. The molecule has 3 aromatic rings. The van der Waals surface area contributed by atoms with Crippen LogP contribution in [0, 0.1) is 0 Å². The zero-order valence-electron chi connectivity index (χ0n) is 17.6. The highest BCUT2D eigenvalue weighted by Gasteiger charge is 2.34. The second-order valence-electron chi connectivity index (χ2n) is 7.58. The van der Waals surface area contributed by atoms with Gasteiger partial charge in [-0.05, 0) is 47.5 Å². The quantitative estimate of drug-likeness (QED) is 0.404. The highest BCUT2D eigenvalue weighted by Crippen LogP contribution is 2.34. The van der Waals surface area contributed by atoms with Gasteiger partial charge in [0.25, 0.3) is 0 Å². The Labute approximate surface area is 196 Å². The number of halogens is 6. The van der Waals surface area contributed by atoms with Crippen molar-refractivity contribution in [2.75, 3.05) is 4.31 Å². The molecule has 5 nitrogen and oxygen atoms in total. The van der Waals surface area contributed by atoms with Gasteiger partial charge in [-0.25, -0.2) is 4.31 Å². The van der Waals surface area contributed by atoms with Crippen molar-refractivity contribution in [3.05, 3.63) is 101 Å². The minimum Gasteiger partial charge on any atom is -0.472 e. The number of benzene rings is 3. The number of fused-ring (bicyclic) bond motifs is 1. The van der Waals surface area contributed by atoms with E-state index in [0.717, 1.165) is 28.6 Å². The first kappa shape index (κ1) is 24.6. The molecule has 0 saturated heterocycles. The van der Waals surface area contributed by atoms with E-state index < -0.39 is 33.7 Å². The van der Waals surface area contributed by atoms with Crippen molar-refractivity contribution in [1.29, 1.82) is 0 Å².